The van der Waals surface area contributed by atoms with Gasteiger partial charge in [-0.05, 0) is 61.9 Å². The lowest BCUT2D eigenvalue weighted by atomic mass is 10.1. The number of fused-ring (bicyclic) bond motifs is 4. The molecule has 166 valence electrons. The molecule has 3 heterocycles. The van der Waals surface area contributed by atoms with Crippen molar-refractivity contribution < 1.29 is 4.79 Å². The van der Waals surface area contributed by atoms with E-state index >= 15 is 0 Å². The van der Waals surface area contributed by atoms with Gasteiger partial charge < -0.3 is 4.90 Å². The van der Waals surface area contributed by atoms with Crippen molar-refractivity contribution in [1.82, 2.24) is 9.55 Å². The standard InChI is InChI=1S/C26H23N3O2S2/c1-16-14-17-8-5-6-12-20(17)28(16)22(30)15-32-26-27-24-23(19-11-7-13-21(19)33-24)25(31)29(26)18-9-3-2-4-10-18/h2-6,8-10,12,16H,7,11,13-15H2,1H3. The number of amides is 1. The summed E-state index contributed by atoms with van der Waals surface area (Å²) < 4.78 is 1.69. The molecule has 4 aromatic rings. The predicted molar refractivity (Wildman–Crippen MR) is 135 cm³/mol. The first-order valence-corrected chi connectivity index (χ1v) is 13.1. The Morgan fingerprint density at radius 2 is 1.91 bits per heavy atom. The molecule has 2 aromatic carbocycles. The third kappa shape index (κ3) is 3.42. The van der Waals surface area contributed by atoms with Gasteiger partial charge in [0.15, 0.2) is 5.16 Å². The second-order valence-electron chi connectivity index (χ2n) is 8.64. The molecule has 0 saturated heterocycles. The number of hydrogen-bond donors (Lipinski definition) is 0. The molecule has 33 heavy (non-hydrogen) atoms. The van der Waals surface area contributed by atoms with Gasteiger partial charge in [-0.3, -0.25) is 14.2 Å². The number of thiophene rings is 1. The normalized spacial score (nSPS) is 16.9. The van der Waals surface area contributed by atoms with Crippen LogP contribution in [0.15, 0.2) is 64.5 Å². The van der Waals surface area contributed by atoms with Gasteiger partial charge in [0, 0.05) is 16.6 Å². The lowest BCUT2D eigenvalue weighted by Crippen LogP contribution is -2.37. The maximum Gasteiger partial charge on any atom is 0.267 e. The zero-order valence-corrected chi connectivity index (χ0v) is 19.9. The van der Waals surface area contributed by atoms with Crippen LogP contribution in [0.3, 0.4) is 0 Å². The monoisotopic (exact) mass is 473 g/mol. The summed E-state index contributed by atoms with van der Waals surface area (Å²) in [7, 11) is 0. The molecule has 1 amide bonds. The number of hydrogen-bond acceptors (Lipinski definition) is 5. The summed E-state index contributed by atoms with van der Waals surface area (Å²) in [4.78, 5) is 35.9. The first kappa shape index (κ1) is 20.7. The molecule has 1 aliphatic carbocycles. The van der Waals surface area contributed by atoms with Gasteiger partial charge >= 0.3 is 0 Å². The minimum atomic E-state index is -0.0274. The maximum absolute atomic E-state index is 13.7. The second kappa shape index (κ2) is 8.15. The van der Waals surface area contributed by atoms with Gasteiger partial charge in [-0.1, -0.05) is 48.2 Å². The molecular formula is C26H23N3O2S2. The molecule has 6 rings (SSSR count). The highest BCUT2D eigenvalue weighted by Gasteiger charge is 2.31. The first-order valence-electron chi connectivity index (χ1n) is 11.3. The van der Waals surface area contributed by atoms with Gasteiger partial charge in [0.25, 0.3) is 5.56 Å². The Morgan fingerprint density at radius 3 is 2.76 bits per heavy atom. The van der Waals surface area contributed by atoms with Gasteiger partial charge in [0.05, 0.1) is 16.8 Å². The number of thioether (sulfide) groups is 1. The van der Waals surface area contributed by atoms with Crippen molar-refractivity contribution in [2.24, 2.45) is 0 Å². The molecule has 0 fully saturated rings. The van der Waals surface area contributed by atoms with Gasteiger partial charge in [-0.15, -0.1) is 11.3 Å². The molecule has 0 N–H and O–H groups in total. The van der Waals surface area contributed by atoms with E-state index < -0.39 is 0 Å². The fourth-order valence-corrected chi connectivity index (χ4v) is 7.24. The van der Waals surface area contributed by atoms with E-state index in [4.69, 9.17) is 4.98 Å². The van der Waals surface area contributed by atoms with Crippen LogP contribution in [0, 0.1) is 0 Å². The summed E-state index contributed by atoms with van der Waals surface area (Å²) in [5.74, 6) is 0.272. The highest BCUT2D eigenvalue weighted by atomic mass is 32.2. The van der Waals surface area contributed by atoms with Crippen molar-refractivity contribution in [1.29, 1.82) is 0 Å². The van der Waals surface area contributed by atoms with Crippen molar-refractivity contribution in [3.8, 4) is 5.69 Å². The number of rotatable bonds is 4. The molecule has 7 heteroatoms. The number of nitrogens with zero attached hydrogens (tertiary/aromatic N) is 3. The fraction of sp³-hybridized carbons (Fsp3) is 0.269. The second-order valence-corrected chi connectivity index (χ2v) is 10.7. The van der Waals surface area contributed by atoms with Crippen molar-refractivity contribution in [3.63, 3.8) is 0 Å². The van der Waals surface area contributed by atoms with Crippen LogP contribution in [0.25, 0.3) is 15.9 Å². The fourth-order valence-electron chi connectivity index (χ4n) is 5.07. The molecule has 0 radical (unpaired) electrons. The summed E-state index contributed by atoms with van der Waals surface area (Å²) in [5.41, 5.74) is 4.13. The summed E-state index contributed by atoms with van der Waals surface area (Å²) in [6.45, 7) is 2.08. The lowest BCUT2D eigenvalue weighted by molar-refractivity contribution is -0.116. The molecule has 5 nitrogen and oxygen atoms in total. The smallest absolute Gasteiger partial charge is 0.267 e. The van der Waals surface area contributed by atoms with E-state index in [1.165, 1.54) is 27.8 Å². The number of aromatic nitrogens is 2. The van der Waals surface area contributed by atoms with Gasteiger partial charge in [-0.25, -0.2) is 4.98 Å². The van der Waals surface area contributed by atoms with Crippen molar-refractivity contribution >= 4 is 44.9 Å². The van der Waals surface area contributed by atoms with Crippen molar-refractivity contribution in [2.75, 3.05) is 10.7 Å². The number of aryl methyl sites for hydroxylation is 2. The molecule has 1 aliphatic heterocycles. The Kier molecular flexibility index (Phi) is 5.11. The highest BCUT2D eigenvalue weighted by molar-refractivity contribution is 7.99. The summed E-state index contributed by atoms with van der Waals surface area (Å²) in [5, 5.41) is 1.33. The van der Waals surface area contributed by atoms with Gasteiger partial charge in [0.1, 0.15) is 4.83 Å². The Bertz CT molecular complexity index is 1440. The van der Waals surface area contributed by atoms with E-state index in [0.717, 1.165) is 47.3 Å². The Balaban J connectivity index is 1.39. The van der Waals surface area contributed by atoms with E-state index in [1.54, 1.807) is 15.9 Å². The number of anilines is 1. The van der Waals surface area contributed by atoms with Crippen LogP contribution in [0.4, 0.5) is 5.69 Å². The van der Waals surface area contributed by atoms with E-state index in [0.29, 0.717) is 5.16 Å². The van der Waals surface area contributed by atoms with Crippen LogP contribution in [-0.4, -0.2) is 27.3 Å². The van der Waals surface area contributed by atoms with Gasteiger partial charge in [-0.2, -0.15) is 0 Å². The Hall–Kier alpha value is -2.90. The molecule has 2 aliphatic rings. The number of para-hydroxylation sites is 2. The molecular weight excluding hydrogens is 450 g/mol. The third-order valence-corrected chi connectivity index (χ3v) is 8.63. The lowest BCUT2D eigenvalue weighted by Gasteiger charge is -2.22. The predicted octanol–water partition coefficient (Wildman–Crippen LogP) is 5.01. The number of benzene rings is 2. The summed E-state index contributed by atoms with van der Waals surface area (Å²) in [6, 6.07) is 17.8. The van der Waals surface area contributed by atoms with Crippen LogP contribution in [0.5, 0.6) is 0 Å². The quantitative estimate of drug-likeness (QED) is 0.309. The van der Waals surface area contributed by atoms with Crippen molar-refractivity contribution in [3.05, 3.63) is 81.0 Å². The van der Waals surface area contributed by atoms with E-state index in [9.17, 15) is 9.59 Å². The summed E-state index contributed by atoms with van der Waals surface area (Å²) >= 11 is 2.99. The van der Waals surface area contributed by atoms with E-state index in [1.807, 2.05) is 53.4 Å². The topological polar surface area (TPSA) is 55.2 Å². The van der Waals surface area contributed by atoms with Crippen LogP contribution in [0.2, 0.25) is 0 Å². The average molecular weight is 474 g/mol. The number of carbonyl (C=O) groups excluding carboxylic acids is 1. The van der Waals surface area contributed by atoms with E-state index in [2.05, 4.69) is 13.0 Å². The molecule has 0 bridgehead atoms. The maximum atomic E-state index is 13.7. The number of carbonyl (C=O) groups is 1. The minimum Gasteiger partial charge on any atom is -0.308 e. The average Bonchev–Trinajstić information content (AvgIpc) is 3.50. The molecule has 2 aromatic heterocycles. The van der Waals surface area contributed by atoms with Crippen LogP contribution in [0.1, 0.15) is 29.3 Å². The van der Waals surface area contributed by atoms with Crippen LogP contribution >= 0.6 is 23.1 Å². The van der Waals surface area contributed by atoms with Crippen LogP contribution in [-0.2, 0) is 24.1 Å². The van der Waals surface area contributed by atoms with Crippen LogP contribution < -0.4 is 10.5 Å². The SMILES string of the molecule is CC1Cc2ccccc2N1C(=O)CSc1nc2sc3c(c2c(=O)n1-c1ccccc1)CCC3. The Labute approximate surface area is 200 Å². The largest absolute Gasteiger partial charge is 0.308 e. The molecule has 0 spiro atoms. The molecule has 0 saturated carbocycles. The van der Waals surface area contributed by atoms with E-state index in [-0.39, 0.29) is 23.3 Å². The molecule has 1 unspecified atom stereocenters. The van der Waals surface area contributed by atoms with Gasteiger partial charge in [0.2, 0.25) is 5.91 Å². The first-order chi connectivity index (χ1) is 16.1. The highest BCUT2D eigenvalue weighted by Crippen LogP contribution is 2.37. The zero-order valence-electron chi connectivity index (χ0n) is 18.3. The zero-order chi connectivity index (χ0) is 22.5. The minimum absolute atomic E-state index is 0.0274. The Morgan fingerprint density at radius 1 is 1.12 bits per heavy atom. The summed E-state index contributed by atoms with van der Waals surface area (Å²) in [6.07, 6.45) is 3.93. The third-order valence-electron chi connectivity index (χ3n) is 6.52. The van der Waals surface area contributed by atoms with Crippen molar-refractivity contribution in [2.45, 2.75) is 43.8 Å². The molecule has 1 atom stereocenters.